The third-order valence-electron chi connectivity index (χ3n) is 3.85. The molecule has 0 aliphatic rings. The van der Waals surface area contributed by atoms with Gasteiger partial charge in [-0.15, -0.1) is 26.3 Å². The van der Waals surface area contributed by atoms with Crippen LogP contribution in [0.25, 0.3) is 0 Å². The highest BCUT2D eigenvalue weighted by Crippen LogP contribution is 2.45. The fourth-order valence-electron chi connectivity index (χ4n) is 2.21. The predicted octanol–water partition coefficient (Wildman–Crippen LogP) is 6.13. The van der Waals surface area contributed by atoms with Gasteiger partial charge in [-0.3, -0.25) is 19.7 Å². The number of hydrogen-bond acceptors (Lipinski definition) is 8. The van der Waals surface area contributed by atoms with Crippen molar-refractivity contribution in [3.63, 3.8) is 0 Å². The Hall–Kier alpha value is -3.86. The Bertz CT molecular complexity index is 1200. The van der Waals surface area contributed by atoms with E-state index in [0.29, 0.717) is 10.6 Å². The average Bonchev–Trinajstić information content (AvgIpc) is 2.73. The van der Waals surface area contributed by atoms with Crippen molar-refractivity contribution in [1.29, 1.82) is 0 Å². The number of carbonyl (C=O) groups is 2. The van der Waals surface area contributed by atoms with E-state index >= 15 is 0 Å². The van der Waals surface area contributed by atoms with E-state index in [1.54, 1.807) is 9.47 Å². The zero-order valence-electron chi connectivity index (χ0n) is 19.7. The van der Waals surface area contributed by atoms with E-state index in [9.17, 15) is 98.7 Å². The van der Waals surface area contributed by atoms with Crippen LogP contribution in [0.1, 0.15) is 0 Å². The molecule has 0 heterocycles. The van der Waals surface area contributed by atoms with Crippen molar-refractivity contribution in [3.8, 4) is 0 Å². The molecule has 0 saturated carbocycles. The maximum absolute atomic E-state index is 13.7. The van der Waals surface area contributed by atoms with Gasteiger partial charge in [0.1, 0.15) is 0 Å². The number of nitro groups is 1. The fraction of sp³-hybridized carbons (Fsp3) is 0.500. The normalized spacial score (nSPS) is 14.3. The molecule has 0 bridgehead atoms. The molecule has 1 aromatic carbocycles. The second kappa shape index (κ2) is 12.2. The molecule has 0 fully saturated rings. The molecule has 1 rings (SSSR count). The number of carbonyl (C=O) groups excluding carboxylic acids is 2. The highest BCUT2D eigenvalue weighted by Gasteiger charge is 2.70. The number of benzene rings is 1. The van der Waals surface area contributed by atoms with Crippen LogP contribution in [0.4, 0.5) is 96.1 Å². The molecule has 0 unspecified atom stereocenters. The number of nitro benzene ring substituents is 1. The Balaban J connectivity index is 3.28. The lowest BCUT2D eigenvalue weighted by atomic mass is 10.2. The third kappa shape index (κ3) is 10.6. The molecule has 0 saturated heterocycles. The Morgan fingerprint density at radius 2 is 0.800 bits per heavy atom. The maximum Gasteiger partial charge on any atom is 0.527 e. The number of rotatable bonds is 13. The molecule has 0 atom stereocenters. The zero-order chi connectivity index (χ0) is 35.8. The van der Waals surface area contributed by atoms with Gasteiger partial charge in [-0.1, -0.05) is 0 Å². The van der Waals surface area contributed by atoms with Crippen molar-refractivity contribution in [3.05, 3.63) is 28.3 Å². The summed E-state index contributed by atoms with van der Waals surface area (Å²) in [6.07, 6.45) is -53.7. The van der Waals surface area contributed by atoms with Gasteiger partial charge in [0.05, 0.1) is 4.92 Å². The Morgan fingerprint density at radius 1 is 0.533 bits per heavy atom. The van der Waals surface area contributed by atoms with Gasteiger partial charge in [0.2, 0.25) is 0 Å². The fourth-order valence-corrected chi connectivity index (χ4v) is 2.21. The van der Waals surface area contributed by atoms with E-state index in [4.69, 9.17) is 0 Å². The molecule has 0 aromatic heterocycles. The maximum atomic E-state index is 13.7. The van der Waals surface area contributed by atoms with Crippen molar-refractivity contribution in [2.75, 3.05) is 10.6 Å². The van der Waals surface area contributed by atoms with Crippen LogP contribution in [0.3, 0.4) is 0 Å². The summed E-state index contributed by atoms with van der Waals surface area (Å²) in [4.78, 5) is 32.5. The van der Waals surface area contributed by atoms with E-state index in [-0.39, 0.29) is 18.2 Å². The molecule has 29 heteroatoms. The summed E-state index contributed by atoms with van der Waals surface area (Å²) in [5.41, 5.74) is -4.83. The van der Waals surface area contributed by atoms with Crippen LogP contribution >= 0.6 is 0 Å². The summed E-state index contributed by atoms with van der Waals surface area (Å²) in [5, 5.41) is 12.3. The number of anilines is 2. The molecular formula is C16H5F18N3O8. The topological polar surface area (TPSA) is 138 Å². The monoisotopic (exact) mass is 709 g/mol. The lowest BCUT2D eigenvalue weighted by Gasteiger charge is -2.29. The Morgan fingerprint density at radius 3 is 1.04 bits per heavy atom. The van der Waals surface area contributed by atoms with Gasteiger partial charge in [-0.2, -0.15) is 52.7 Å². The lowest BCUT2D eigenvalue weighted by Crippen LogP contribution is -2.53. The number of non-ortho nitro benzene ring substituents is 1. The molecule has 2 amide bonds. The number of halogens is 18. The second-order valence-corrected chi connectivity index (χ2v) is 7.33. The molecule has 11 nitrogen and oxygen atoms in total. The number of ether oxygens (including phenoxy) is 4. The van der Waals surface area contributed by atoms with Gasteiger partial charge < -0.3 is 10.6 Å². The number of amides is 2. The van der Waals surface area contributed by atoms with Crippen molar-refractivity contribution >= 4 is 28.9 Å². The first kappa shape index (κ1) is 39.2. The molecule has 0 aliphatic heterocycles. The van der Waals surface area contributed by atoms with E-state index in [1.165, 1.54) is 0 Å². The highest BCUT2D eigenvalue weighted by atomic mass is 19.4. The molecule has 1 aromatic rings. The van der Waals surface area contributed by atoms with Crippen molar-refractivity contribution in [2.24, 2.45) is 0 Å². The van der Waals surface area contributed by atoms with Gasteiger partial charge in [0, 0.05) is 23.5 Å². The van der Waals surface area contributed by atoms with Crippen LogP contribution in [-0.4, -0.2) is 66.1 Å². The van der Waals surface area contributed by atoms with Gasteiger partial charge in [-0.25, -0.2) is 18.9 Å². The van der Waals surface area contributed by atoms with Gasteiger partial charge in [-0.05, 0) is 6.07 Å². The van der Waals surface area contributed by atoms with Crippen LogP contribution in [0, 0.1) is 10.1 Å². The van der Waals surface area contributed by atoms with E-state index in [2.05, 4.69) is 9.47 Å². The summed E-state index contributed by atoms with van der Waals surface area (Å²) in [6, 6.07) is -0.407. The Labute approximate surface area is 231 Å². The minimum absolute atomic E-state index is 0.110. The van der Waals surface area contributed by atoms with Crippen molar-refractivity contribution in [2.45, 2.75) is 49.4 Å². The molecule has 0 radical (unpaired) electrons. The SMILES string of the molecule is O=C(Nc1cc(NC(=O)C(F)(F)OC(F)(F)C(F)(F)OC(F)(F)F)cc([N+](=O)[O-])c1)C(F)(F)OC(F)(F)C(F)(F)OC(F)(F)F. The second-order valence-electron chi connectivity index (χ2n) is 7.33. The summed E-state index contributed by atoms with van der Waals surface area (Å²) < 4.78 is 238. The minimum Gasteiger partial charge on any atom is -0.318 e. The summed E-state index contributed by atoms with van der Waals surface area (Å²) in [6.45, 7) is 0. The van der Waals surface area contributed by atoms with Gasteiger partial charge in [0.15, 0.2) is 0 Å². The molecule has 0 spiro atoms. The van der Waals surface area contributed by atoms with E-state index in [1.807, 2.05) is 0 Å². The molecular weight excluding hydrogens is 704 g/mol. The number of alkyl halides is 18. The van der Waals surface area contributed by atoms with Crippen LogP contribution in [0.2, 0.25) is 0 Å². The third-order valence-corrected chi connectivity index (χ3v) is 3.85. The lowest BCUT2D eigenvalue weighted by molar-refractivity contribution is -0.523. The van der Waals surface area contributed by atoms with Crippen LogP contribution < -0.4 is 10.6 Å². The first-order valence-corrected chi connectivity index (χ1v) is 9.76. The average molecular weight is 709 g/mol. The molecule has 45 heavy (non-hydrogen) atoms. The number of nitrogens with zero attached hydrogens (tertiary/aromatic N) is 1. The molecule has 2 N–H and O–H groups in total. The summed E-state index contributed by atoms with van der Waals surface area (Å²) >= 11 is 0. The number of nitrogens with one attached hydrogen (secondary N) is 2. The number of hydrogen-bond donors (Lipinski definition) is 2. The van der Waals surface area contributed by atoms with Gasteiger partial charge >= 0.3 is 61.2 Å². The largest absolute Gasteiger partial charge is 0.527 e. The highest BCUT2D eigenvalue weighted by molar-refractivity contribution is 5.98. The quantitative estimate of drug-likeness (QED) is 0.142. The standard InChI is InChI=1S/C16H5F18N3O8/c17-9(18,42-11(21,22)13(25,26)44-15(29,30)31)7(38)35-4-1-5(3-6(2-4)37(40)41)36-8(39)10(19,20)43-12(23,24)14(27,28)45-16(32,33)34/h1-3H,(H,35,38)(H,36,39). The predicted molar refractivity (Wildman–Crippen MR) is 96.5 cm³/mol. The minimum atomic E-state index is -6.97. The van der Waals surface area contributed by atoms with E-state index < -0.39 is 83.2 Å². The molecule has 0 aliphatic carbocycles. The van der Waals surface area contributed by atoms with Crippen molar-refractivity contribution in [1.82, 2.24) is 0 Å². The van der Waals surface area contributed by atoms with Crippen molar-refractivity contribution < 1.29 is 112 Å². The van der Waals surface area contributed by atoms with Crippen LogP contribution in [0.5, 0.6) is 0 Å². The summed E-state index contributed by atoms with van der Waals surface area (Å²) in [7, 11) is 0. The first-order chi connectivity index (χ1) is 19.6. The molecule has 258 valence electrons. The first-order valence-electron chi connectivity index (χ1n) is 9.76. The zero-order valence-corrected chi connectivity index (χ0v) is 19.7. The van der Waals surface area contributed by atoms with Gasteiger partial charge in [0.25, 0.3) is 5.69 Å². The smallest absolute Gasteiger partial charge is 0.318 e. The van der Waals surface area contributed by atoms with Crippen LogP contribution in [0.15, 0.2) is 18.2 Å². The van der Waals surface area contributed by atoms with Crippen LogP contribution in [-0.2, 0) is 28.5 Å². The van der Waals surface area contributed by atoms with E-state index in [0.717, 1.165) is 0 Å². The summed E-state index contributed by atoms with van der Waals surface area (Å²) in [5.74, 6) is -6.77. The Kier molecular flexibility index (Phi) is 10.6.